The maximum absolute atomic E-state index is 12.2. The van der Waals surface area contributed by atoms with Gasteiger partial charge in [0.1, 0.15) is 30.4 Å². The molecule has 1 N–H and O–H groups in total. The standard InChI is InChI=1S/C18H15N5O6/c1-12-2-4-16(5-3-12)29-17-7-13(6-14(8-17)22(25)26)20-18(24)11-21-10-15(9-19-21)23(27)28/h2-10H,11H2,1H3,(H,20,24). The zero-order valence-electron chi connectivity index (χ0n) is 15.1. The molecule has 3 rings (SSSR count). The number of nitro benzene ring substituents is 1. The minimum atomic E-state index is -0.628. The van der Waals surface area contributed by atoms with Gasteiger partial charge in [-0.15, -0.1) is 0 Å². The third-order valence-corrected chi connectivity index (χ3v) is 3.78. The van der Waals surface area contributed by atoms with Crippen molar-refractivity contribution in [3.8, 4) is 11.5 Å². The monoisotopic (exact) mass is 397 g/mol. The van der Waals surface area contributed by atoms with Crippen LogP contribution >= 0.6 is 0 Å². The van der Waals surface area contributed by atoms with Crippen molar-refractivity contribution in [2.24, 2.45) is 0 Å². The number of hydrogen-bond donors (Lipinski definition) is 1. The van der Waals surface area contributed by atoms with Crippen LogP contribution < -0.4 is 10.1 Å². The Labute approximate surface area is 163 Å². The summed E-state index contributed by atoms with van der Waals surface area (Å²) in [5, 5.41) is 28.1. The lowest BCUT2D eigenvalue weighted by atomic mass is 10.2. The van der Waals surface area contributed by atoms with Crippen LogP contribution in [0.4, 0.5) is 17.1 Å². The number of carbonyl (C=O) groups excluding carboxylic acids is 1. The predicted octanol–water partition coefficient (Wildman–Crippen LogP) is 3.44. The van der Waals surface area contributed by atoms with Crippen LogP contribution in [-0.4, -0.2) is 25.5 Å². The molecule has 0 bridgehead atoms. The molecule has 148 valence electrons. The van der Waals surface area contributed by atoms with Crippen molar-refractivity contribution in [2.75, 3.05) is 5.32 Å². The van der Waals surface area contributed by atoms with Crippen molar-refractivity contribution < 1.29 is 19.4 Å². The zero-order valence-corrected chi connectivity index (χ0v) is 15.1. The summed E-state index contributed by atoms with van der Waals surface area (Å²) >= 11 is 0. The van der Waals surface area contributed by atoms with Crippen LogP contribution in [0.1, 0.15) is 5.56 Å². The molecule has 1 heterocycles. The number of hydrogen-bond acceptors (Lipinski definition) is 7. The summed E-state index contributed by atoms with van der Waals surface area (Å²) in [6, 6.07) is 11.0. The Morgan fingerprint density at radius 1 is 1.07 bits per heavy atom. The first-order valence-corrected chi connectivity index (χ1v) is 8.31. The fourth-order valence-electron chi connectivity index (χ4n) is 2.44. The lowest BCUT2D eigenvalue weighted by Crippen LogP contribution is -2.19. The summed E-state index contributed by atoms with van der Waals surface area (Å²) < 4.78 is 6.74. The van der Waals surface area contributed by atoms with Crippen molar-refractivity contribution in [1.29, 1.82) is 0 Å². The van der Waals surface area contributed by atoms with E-state index >= 15 is 0 Å². The Morgan fingerprint density at radius 2 is 1.76 bits per heavy atom. The molecule has 29 heavy (non-hydrogen) atoms. The largest absolute Gasteiger partial charge is 0.457 e. The SMILES string of the molecule is Cc1ccc(Oc2cc(NC(=O)Cn3cc([N+](=O)[O-])cn3)cc([N+](=O)[O-])c2)cc1. The van der Waals surface area contributed by atoms with Gasteiger partial charge in [0.15, 0.2) is 0 Å². The number of benzene rings is 2. The summed E-state index contributed by atoms with van der Waals surface area (Å²) in [7, 11) is 0. The molecule has 0 spiro atoms. The van der Waals surface area contributed by atoms with Gasteiger partial charge in [0.2, 0.25) is 5.91 Å². The molecule has 11 nitrogen and oxygen atoms in total. The minimum absolute atomic E-state index is 0.146. The van der Waals surface area contributed by atoms with E-state index in [2.05, 4.69) is 10.4 Å². The first-order chi connectivity index (χ1) is 13.8. The molecule has 0 radical (unpaired) electrons. The first-order valence-electron chi connectivity index (χ1n) is 8.31. The van der Waals surface area contributed by atoms with E-state index in [1.165, 1.54) is 18.2 Å². The second-order valence-corrected chi connectivity index (χ2v) is 6.09. The van der Waals surface area contributed by atoms with Crippen molar-refractivity contribution in [3.05, 3.63) is 80.7 Å². The normalized spacial score (nSPS) is 10.4. The van der Waals surface area contributed by atoms with Crippen LogP contribution in [-0.2, 0) is 11.3 Å². The quantitative estimate of drug-likeness (QED) is 0.475. The Kier molecular flexibility index (Phi) is 5.49. The van der Waals surface area contributed by atoms with Crippen LogP contribution in [0.5, 0.6) is 11.5 Å². The smallest absolute Gasteiger partial charge is 0.307 e. The van der Waals surface area contributed by atoms with E-state index in [1.807, 2.05) is 19.1 Å². The Balaban J connectivity index is 1.77. The van der Waals surface area contributed by atoms with E-state index in [9.17, 15) is 25.0 Å². The number of rotatable bonds is 7. The highest BCUT2D eigenvalue weighted by Gasteiger charge is 2.15. The third kappa shape index (κ3) is 5.13. The summed E-state index contributed by atoms with van der Waals surface area (Å²) in [6.07, 6.45) is 2.13. The lowest BCUT2D eigenvalue weighted by molar-refractivity contribution is -0.385. The molecule has 0 saturated carbocycles. The van der Waals surface area contributed by atoms with E-state index in [0.717, 1.165) is 22.6 Å². The fraction of sp³-hybridized carbons (Fsp3) is 0.111. The Bertz CT molecular complexity index is 1080. The molecule has 1 aromatic heterocycles. The number of non-ortho nitro benzene ring substituents is 1. The Morgan fingerprint density at radius 3 is 2.38 bits per heavy atom. The molecule has 2 aromatic carbocycles. The number of ether oxygens (including phenoxy) is 1. The van der Waals surface area contributed by atoms with Crippen LogP contribution in [0.15, 0.2) is 54.9 Å². The topological polar surface area (TPSA) is 142 Å². The average molecular weight is 397 g/mol. The molecule has 0 unspecified atom stereocenters. The number of nitrogens with one attached hydrogen (secondary N) is 1. The molecule has 0 atom stereocenters. The number of nitro groups is 2. The van der Waals surface area contributed by atoms with Crippen LogP contribution in [0.2, 0.25) is 0 Å². The number of amides is 1. The maximum atomic E-state index is 12.2. The summed E-state index contributed by atoms with van der Waals surface area (Å²) in [5.74, 6) is 0.0927. The number of anilines is 1. The summed E-state index contributed by atoms with van der Waals surface area (Å²) in [5.41, 5.74) is 0.665. The van der Waals surface area contributed by atoms with Gasteiger partial charge in [-0.3, -0.25) is 29.7 Å². The van der Waals surface area contributed by atoms with Crippen LogP contribution in [0, 0.1) is 27.2 Å². The lowest BCUT2D eigenvalue weighted by Gasteiger charge is -2.10. The van der Waals surface area contributed by atoms with E-state index in [-0.39, 0.29) is 29.4 Å². The van der Waals surface area contributed by atoms with Gasteiger partial charge in [0.05, 0.1) is 21.6 Å². The van der Waals surface area contributed by atoms with E-state index in [1.54, 1.807) is 12.1 Å². The summed E-state index contributed by atoms with van der Waals surface area (Å²) in [6.45, 7) is 1.61. The predicted molar refractivity (Wildman–Crippen MR) is 102 cm³/mol. The second kappa shape index (κ2) is 8.17. The molecule has 3 aromatic rings. The molecule has 0 fully saturated rings. The van der Waals surface area contributed by atoms with Crippen molar-refractivity contribution in [3.63, 3.8) is 0 Å². The number of aromatic nitrogens is 2. The van der Waals surface area contributed by atoms with E-state index in [4.69, 9.17) is 4.74 Å². The number of nitrogens with zero attached hydrogens (tertiary/aromatic N) is 4. The van der Waals surface area contributed by atoms with Crippen LogP contribution in [0.3, 0.4) is 0 Å². The van der Waals surface area contributed by atoms with E-state index < -0.39 is 15.8 Å². The van der Waals surface area contributed by atoms with Crippen molar-refractivity contribution in [2.45, 2.75) is 13.5 Å². The molecule has 1 amide bonds. The van der Waals surface area contributed by atoms with Crippen LogP contribution in [0.25, 0.3) is 0 Å². The second-order valence-electron chi connectivity index (χ2n) is 6.09. The van der Waals surface area contributed by atoms with Gasteiger partial charge in [0, 0.05) is 12.1 Å². The van der Waals surface area contributed by atoms with Gasteiger partial charge in [-0.1, -0.05) is 17.7 Å². The molecule has 0 aliphatic carbocycles. The maximum Gasteiger partial charge on any atom is 0.307 e. The molecule has 0 saturated heterocycles. The van der Waals surface area contributed by atoms with Gasteiger partial charge in [0.25, 0.3) is 5.69 Å². The summed E-state index contributed by atoms with van der Waals surface area (Å²) in [4.78, 5) is 32.8. The first kappa shape index (κ1) is 19.5. The number of carbonyl (C=O) groups is 1. The van der Waals surface area contributed by atoms with Gasteiger partial charge in [-0.2, -0.15) is 5.10 Å². The van der Waals surface area contributed by atoms with Gasteiger partial charge in [-0.05, 0) is 19.1 Å². The fourth-order valence-corrected chi connectivity index (χ4v) is 2.44. The average Bonchev–Trinajstić information content (AvgIpc) is 3.12. The van der Waals surface area contributed by atoms with Crippen molar-refractivity contribution >= 4 is 23.0 Å². The van der Waals surface area contributed by atoms with Gasteiger partial charge in [-0.25, -0.2) is 0 Å². The minimum Gasteiger partial charge on any atom is -0.457 e. The Hall–Kier alpha value is -4.28. The van der Waals surface area contributed by atoms with Gasteiger partial charge < -0.3 is 10.1 Å². The highest BCUT2D eigenvalue weighted by Crippen LogP contribution is 2.30. The molecule has 0 aliphatic rings. The van der Waals surface area contributed by atoms with Crippen molar-refractivity contribution in [1.82, 2.24) is 9.78 Å². The van der Waals surface area contributed by atoms with E-state index in [0.29, 0.717) is 5.75 Å². The molecular weight excluding hydrogens is 382 g/mol. The number of aryl methyl sites for hydroxylation is 1. The zero-order chi connectivity index (χ0) is 21.0. The third-order valence-electron chi connectivity index (χ3n) is 3.78. The highest BCUT2D eigenvalue weighted by atomic mass is 16.6. The molecule has 11 heteroatoms. The van der Waals surface area contributed by atoms with Gasteiger partial charge >= 0.3 is 5.69 Å². The molecule has 0 aliphatic heterocycles. The highest BCUT2D eigenvalue weighted by molar-refractivity contribution is 5.91. The molecular formula is C18H15N5O6.